The second-order valence-electron chi connectivity index (χ2n) is 3.91. The van der Waals surface area contributed by atoms with Crippen molar-refractivity contribution in [2.24, 2.45) is 0 Å². The van der Waals surface area contributed by atoms with Crippen molar-refractivity contribution in [1.82, 2.24) is 0 Å². The molecule has 0 amide bonds. The molecule has 0 aromatic rings. The van der Waals surface area contributed by atoms with E-state index in [1.807, 2.05) is 11.8 Å². The van der Waals surface area contributed by atoms with Crippen LogP contribution in [0.5, 0.6) is 0 Å². The van der Waals surface area contributed by atoms with Crippen LogP contribution in [-0.2, 0) is 0 Å². The van der Waals surface area contributed by atoms with Gasteiger partial charge < -0.3 is 0 Å². The number of hydrogen-bond donors (Lipinski definition) is 0. The average molecular weight is 261 g/mol. The molecule has 0 spiro atoms. The van der Waals surface area contributed by atoms with E-state index >= 15 is 0 Å². The van der Waals surface area contributed by atoms with Gasteiger partial charge in [-0.1, -0.05) is 0 Å². The van der Waals surface area contributed by atoms with E-state index in [1.54, 1.807) is 0 Å². The topological polar surface area (TPSA) is 0 Å². The van der Waals surface area contributed by atoms with Crippen molar-refractivity contribution in [1.29, 1.82) is 0 Å². The molecule has 0 aliphatic heterocycles. The van der Waals surface area contributed by atoms with E-state index in [4.69, 9.17) is 0 Å². The Hall–Kier alpha value is 0.633. The third-order valence-electron chi connectivity index (χ3n) is 2.88. The second kappa shape index (κ2) is 7.00. The fraction of sp³-hybridized carbons (Fsp3) is 0.818. The van der Waals surface area contributed by atoms with Crippen molar-refractivity contribution in [3.8, 4) is 0 Å². The summed E-state index contributed by atoms with van der Waals surface area (Å²) in [5.41, 5.74) is 0. The van der Waals surface area contributed by atoms with Gasteiger partial charge in [-0.2, -0.15) is 0 Å². The Morgan fingerprint density at radius 1 is 1.08 bits per heavy atom. The molecular weight excluding hydrogens is 237 g/mol. The van der Waals surface area contributed by atoms with Crippen LogP contribution in [0.4, 0.5) is 0 Å². The van der Waals surface area contributed by atoms with E-state index in [0.29, 0.717) is 0 Å². The summed E-state index contributed by atoms with van der Waals surface area (Å²) in [5, 5.41) is 7.45. The molecule has 0 bridgehead atoms. The van der Waals surface area contributed by atoms with E-state index in [1.165, 1.54) is 15.8 Å². The van der Waals surface area contributed by atoms with Gasteiger partial charge in [0.1, 0.15) is 0 Å². The summed E-state index contributed by atoms with van der Waals surface area (Å²) < 4.78 is 0. The van der Waals surface area contributed by atoms with Gasteiger partial charge in [0, 0.05) is 0 Å². The molecule has 0 aliphatic rings. The van der Waals surface area contributed by atoms with E-state index < -0.39 is 13.3 Å². The third kappa shape index (κ3) is 5.16. The number of rotatable bonds is 6. The quantitative estimate of drug-likeness (QED) is 0.625. The molecule has 0 aromatic heterocycles. The Labute approximate surface area is 90.9 Å². The molecule has 0 heterocycles. The monoisotopic (exact) mass is 262 g/mol. The van der Waals surface area contributed by atoms with E-state index in [2.05, 4.69) is 44.9 Å². The molecule has 2 heteroatoms. The summed E-state index contributed by atoms with van der Waals surface area (Å²) in [4.78, 5) is 2.60. The maximum atomic E-state index is 2.60. The molecule has 0 saturated carbocycles. The predicted octanol–water partition coefficient (Wildman–Crippen LogP) is 4.69. The summed E-state index contributed by atoms with van der Waals surface area (Å²) in [5.74, 6) is 0. The van der Waals surface area contributed by atoms with Gasteiger partial charge in [0.15, 0.2) is 0 Å². The number of thioether (sulfide) groups is 1. The van der Waals surface area contributed by atoms with Crippen LogP contribution in [0.3, 0.4) is 0 Å². The molecule has 0 atom stereocenters. The van der Waals surface area contributed by atoms with Crippen LogP contribution in [-0.4, -0.2) is 18.5 Å². The van der Waals surface area contributed by atoms with Gasteiger partial charge in [0.05, 0.1) is 0 Å². The molecule has 0 unspecified atom stereocenters. The summed E-state index contributed by atoms with van der Waals surface area (Å²) >= 11 is 0.479. The van der Waals surface area contributed by atoms with E-state index in [-0.39, 0.29) is 0 Å². The molecular formula is C11H24GeS. The predicted molar refractivity (Wildman–Crippen MR) is 69.1 cm³/mol. The molecule has 0 rings (SSSR count). The van der Waals surface area contributed by atoms with E-state index in [0.717, 1.165) is 5.25 Å². The molecule has 0 aromatic carbocycles. The molecule has 78 valence electrons. The Balaban J connectivity index is 4.15. The Morgan fingerprint density at radius 2 is 1.54 bits per heavy atom. The zero-order valence-corrected chi connectivity index (χ0v) is 12.7. The second-order valence-corrected chi connectivity index (χ2v) is 16.3. The van der Waals surface area contributed by atoms with Crippen LogP contribution >= 0.6 is 11.8 Å². The molecule has 13 heavy (non-hydrogen) atoms. The average Bonchev–Trinajstić information content (AvgIpc) is 2.13. The van der Waals surface area contributed by atoms with Gasteiger partial charge in [-0.3, -0.25) is 0 Å². The van der Waals surface area contributed by atoms with Crippen LogP contribution in [0.15, 0.2) is 10.3 Å². The summed E-state index contributed by atoms with van der Waals surface area (Å²) in [6, 6.07) is 0. The Kier molecular flexibility index (Phi) is 7.34. The van der Waals surface area contributed by atoms with Crippen molar-refractivity contribution in [2.75, 3.05) is 0 Å². The van der Waals surface area contributed by atoms with Crippen LogP contribution < -0.4 is 0 Å². The SMILES string of the molecule is C[CH2][Ge]([CH]=CSC(C)C)([CH2]C)[CH2]C. The van der Waals surface area contributed by atoms with Crippen molar-refractivity contribution >= 4 is 25.0 Å². The van der Waals surface area contributed by atoms with Crippen molar-refractivity contribution in [2.45, 2.75) is 55.6 Å². The van der Waals surface area contributed by atoms with Gasteiger partial charge in [0.25, 0.3) is 0 Å². The molecule has 0 fully saturated rings. The van der Waals surface area contributed by atoms with Crippen molar-refractivity contribution in [3.05, 3.63) is 10.3 Å². The third-order valence-corrected chi connectivity index (χ3v) is 14.9. The fourth-order valence-corrected chi connectivity index (χ4v) is 9.07. The minimum absolute atomic E-state index is 0.738. The summed E-state index contributed by atoms with van der Waals surface area (Å²) in [6.07, 6.45) is 0. The zero-order chi connectivity index (χ0) is 10.3. The molecule has 0 aliphatic carbocycles. The van der Waals surface area contributed by atoms with Gasteiger partial charge in [-0.15, -0.1) is 0 Å². The normalized spacial score (nSPS) is 13.1. The first-order chi connectivity index (χ1) is 6.10. The Morgan fingerprint density at radius 3 is 1.85 bits per heavy atom. The summed E-state index contributed by atoms with van der Waals surface area (Å²) in [7, 11) is 0. The van der Waals surface area contributed by atoms with Crippen molar-refractivity contribution in [3.63, 3.8) is 0 Å². The molecule has 0 N–H and O–H groups in total. The molecule has 0 radical (unpaired) electrons. The minimum atomic E-state index is -1.49. The standard InChI is InChI=1S/C11H24GeS/c1-6-12(7-2,8-3)9-10-13-11(4)5/h9-11H,6-8H2,1-5H3. The Bertz CT molecular complexity index is 140. The van der Waals surface area contributed by atoms with Gasteiger partial charge in [0.2, 0.25) is 0 Å². The van der Waals surface area contributed by atoms with Crippen LogP contribution in [0, 0.1) is 0 Å². The van der Waals surface area contributed by atoms with Crippen LogP contribution in [0.1, 0.15) is 34.6 Å². The fourth-order valence-electron chi connectivity index (χ4n) is 1.44. The first-order valence-corrected chi connectivity index (χ1v) is 12.0. The molecule has 0 nitrogen and oxygen atoms in total. The first-order valence-electron chi connectivity index (χ1n) is 5.43. The van der Waals surface area contributed by atoms with Gasteiger partial charge in [-0.25, -0.2) is 0 Å². The molecule has 0 saturated heterocycles. The number of hydrogen-bond acceptors (Lipinski definition) is 1. The first kappa shape index (κ1) is 13.6. The van der Waals surface area contributed by atoms with Crippen molar-refractivity contribution < 1.29 is 0 Å². The summed E-state index contributed by atoms with van der Waals surface area (Å²) in [6.45, 7) is 11.6. The van der Waals surface area contributed by atoms with Gasteiger partial charge >= 0.3 is 91.0 Å². The van der Waals surface area contributed by atoms with E-state index in [9.17, 15) is 0 Å². The maximum absolute atomic E-state index is 2.60. The zero-order valence-electron chi connectivity index (χ0n) is 9.76. The van der Waals surface area contributed by atoms with Crippen LogP contribution in [0.25, 0.3) is 0 Å². The van der Waals surface area contributed by atoms with Gasteiger partial charge in [-0.05, 0) is 0 Å². The van der Waals surface area contributed by atoms with Crippen LogP contribution in [0.2, 0.25) is 15.8 Å².